The van der Waals surface area contributed by atoms with Crippen LogP contribution in [-0.4, -0.2) is 17.5 Å². The van der Waals surface area contributed by atoms with Crippen molar-refractivity contribution in [2.45, 2.75) is 44.9 Å². The predicted octanol–water partition coefficient (Wildman–Crippen LogP) is 2.22. The molecule has 0 amide bonds. The quantitative estimate of drug-likeness (QED) is 0.662. The minimum Gasteiger partial charge on any atom is -0.396 e. The van der Waals surface area contributed by atoms with E-state index in [9.17, 15) is 4.79 Å². The number of unbranched alkanes of at least 4 members (excludes halogenated alkanes) is 1. The molecule has 13 heavy (non-hydrogen) atoms. The molecule has 0 saturated heterocycles. The minimum absolute atomic E-state index is 0.201. The van der Waals surface area contributed by atoms with E-state index in [-0.39, 0.29) is 6.61 Å². The molecule has 0 aliphatic heterocycles. The molecule has 2 heteroatoms. The van der Waals surface area contributed by atoms with Crippen molar-refractivity contribution in [3.8, 4) is 0 Å². The highest BCUT2D eigenvalue weighted by molar-refractivity contribution is 5.95. The molecule has 1 rings (SSSR count). The molecule has 0 unspecified atom stereocenters. The Morgan fingerprint density at radius 2 is 2.23 bits per heavy atom. The van der Waals surface area contributed by atoms with E-state index in [1.807, 2.05) is 0 Å². The first-order valence-electron chi connectivity index (χ1n) is 5.17. The molecule has 0 aromatic rings. The lowest BCUT2D eigenvalue weighted by Crippen LogP contribution is -2.05. The van der Waals surface area contributed by atoms with Gasteiger partial charge in [-0.3, -0.25) is 4.79 Å². The Hall–Kier alpha value is -0.630. The summed E-state index contributed by atoms with van der Waals surface area (Å²) >= 11 is 0. The lowest BCUT2D eigenvalue weighted by atomic mass is 9.94. The molecule has 2 nitrogen and oxygen atoms in total. The molecular formula is C11H18O2. The maximum absolute atomic E-state index is 11.5. The van der Waals surface area contributed by atoms with Gasteiger partial charge >= 0.3 is 0 Å². The van der Waals surface area contributed by atoms with Gasteiger partial charge in [0.05, 0.1) is 0 Å². The number of hydrogen-bond acceptors (Lipinski definition) is 2. The Balaban J connectivity index is 2.25. The van der Waals surface area contributed by atoms with Crippen LogP contribution >= 0.6 is 0 Å². The number of ketones is 1. The number of carbonyl (C=O) groups excluding carboxylic acids is 1. The van der Waals surface area contributed by atoms with E-state index in [0.717, 1.165) is 37.7 Å². The van der Waals surface area contributed by atoms with Gasteiger partial charge in [0, 0.05) is 13.0 Å². The Morgan fingerprint density at radius 3 is 2.85 bits per heavy atom. The zero-order chi connectivity index (χ0) is 9.52. The van der Waals surface area contributed by atoms with Gasteiger partial charge in [-0.2, -0.15) is 0 Å². The van der Waals surface area contributed by atoms with Crippen molar-refractivity contribution in [3.05, 3.63) is 11.6 Å². The molecule has 0 saturated carbocycles. The SMILES string of the molecule is O=C(CCCCO)C1=CCCCC1. The zero-order valence-electron chi connectivity index (χ0n) is 8.09. The monoisotopic (exact) mass is 182 g/mol. The van der Waals surface area contributed by atoms with Gasteiger partial charge < -0.3 is 5.11 Å². The fourth-order valence-electron chi connectivity index (χ4n) is 1.65. The second kappa shape index (κ2) is 5.92. The van der Waals surface area contributed by atoms with Crippen LogP contribution in [0.4, 0.5) is 0 Å². The van der Waals surface area contributed by atoms with E-state index in [4.69, 9.17) is 5.11 Å². The first kappa shape index (κ1) is 10.5. The third-order valence-corrected chi connectivity index (χ3v) is 2.46. The molecule has 1 aliphatic carbocycles. The smallest absolute Gasteiger partial charge is 0.158 e. The summed E-state index contributed by atoms with van der Waals surface area (Å²) in [5, 5.41) is 8.56. The fourth-order valence-corrected chi connectivity index (χ4v) is 1.65. The summed E-state index contributed by atoms with van der Waals surface area (Å²) in [6.07, 6.45) is 8.72. The van der Waals surface area contributed by atoms with E-state index in [1.54, 1.807) is 0 Å². The largest absolute Gasteiger partial charge is 0.396 e. The molecule has 0 heterocycles. The predicted molar refractivity (Wildman–Crippen MR) is 52.5 cm³/mol. The highest BCUT2D eigenvalue weighted by atomic mass is 16.2. The Labute approximate surface area is 79.6 Å². The molecule has 0 aromatic carbocycles. The number of Topliss-reactive ketones (excluding diaryl/α,β-unsaturated/α-hetero) is 1. The Bertz CT molecular complexity index is 194. The van der Waals surface area contributed by atoms with E-state index >= 15 is 0 Å². The molecule has 0 spiro atoms. The molecule has 74 valence electrons. The van der Waals surface area contributed by atoms with Gasteiger partial charge in [-0.05, 0) is 44.1 Å². The maximum atomic E-state index is 11.5. The summed E-state index contributed by atoms with van der Waals surface area (Å²) in [6, 6.07) is 0. The van der Waals surface area contributed by atoms with Crippen LogP contribution < -0.4 is 0 Å². The van der Waals surface area contributed by atoms with Gasteiger partial charge in [0.15, 0.2) is 5.78 Å². The molecule has 0 bridgehead atoms. The number of allylic oxidation sites excluding steroid dienone is 2. The molecule has 0 radical (unpaired) electrons. The van der Waals surface area contributed by atoms with Crippen molar-refractivity contribution in [1.29, 1.82) is 0 Å². The molecule has 0 atom stereocenters. The average Bonchev–Trinajstić information content (AvgIpc) is 2.19. The van der Waals surface area contributed by atoms with Crippen LogP contribution in [0, 0.1) is 0 Å². The maximum Gasteiger partial charge on any atom is 0.158 e. The van der Waals surface area contributed by atoms with Crippen LogP contribution in [0.2, 0.25) is 0 Å². The summed E-state index contributed by atoms with van der Waals surface area (Å²) in [6.45, 7) is 0.201. The van der Waals surface area contributed by atoms with E-state index < -0.39 is 0 Å². The number of hydrogen-bond donors (Lipinski definition) is 1. The Kier molecular flexibility index (Phi) is 4.76. The van der Waals surface area contributed by atoms with Crippen molar-refractivity contribution >= 4 is 5.78 Å². The van der Waals surface area contributed by atoms with Crippen molar-refractivity contribution < 1.29 is 9.90 Å². The van der Waals surface area contributed by atoms with Crippen LogP contribution in [0.5, 0.6) is 0 Å². The number of aliphatic hydroxyl groups is 1. The standard InChI is InChI=1S/C11H18O2/c12-9-5-4-8-11(13)10-6-2-1-3-7-10/h6,12H,1-5,7-9H2. The second-order valence-electron chi connectivity index (χ2n) is 3.58. The lowest BCUT2D eigenvalue weighted by Gasteiger charge is -2.10. The van der Waals surface area contributed by atoms with Gasteiger partial charge in [-0.15, -0.1) is 0 Å². The van der Waals surface area contributed by atoms with E-state index in [0.29, 0.717) is 12.2 Å². The topological polar surface area (TPSA) is 37.3 Å². The van der Waals surface area contributed by atoms with Gasteiger partial charge in [-0.1, -0.05) is 6.08 Å². The van der Waals surface area contributed by atoms with Crippen LogP contribution in [0.25, 0.3) is 0 Å². The van der Waals surface area contributed by atoms with E-state index in [2.05, 4.69) is 6.08 Å². The molecule has 1 N–H and O–H groups in total. The van der Waals surface area contributed by atoms with Gasteiger partial charge in [0.2, 0.25) is 0 Å². The highest BCUT2D eigenvalue weighted by Crippen LogP contribution is 2.19. The summed E-state index contributed by atoms with van der Waals surface area (Å²) in [5.74, 6) is 0.299. The summed E-state index contributed by atoms with van der Waals surface area (Å²) < 4.78 is 0. The van der Waals surface area contributed by atoms with Crippen LogP contribution in [0.15, 0.2) is 11.6 Å². The fraction of sp³-hybridized carbons (Fsp3) is 0.727. The summed E-state index contributed by atoms with van der Waals surface area (Å²) in [5.41, 5.74) is 1.03. The molecule has 1 aliphatic rings. The molecule has 0 fully saturated rings. The number of aliphatic hydroxyl groups excluding tert-OH is 1. The second-order valence-corrected chi connectivity index (χ2v) is 3.58. The first-order valence-corrected chi connectivity index (χ1v) is 5.17. The van der Waals surface area contributed by atoms with Crippen LogP contribution in [0.1, 0.15) is 44.9 Å². The molecule has 0 aromatic heterocycles. The van der Waals surface area contributed by atoms with Crippen LogP contribution in [0.3, 0.4) is 0 Å². The van der Waals surface area contributed by atoms with Gasteiger partial charge in [-0.25, -0.2) is 0 Å². The van der Waals surface area contributed by atoms with Crippen molar-refractivity contribution in [1.82, 2.24) is 0 Å². The lowest BCUT2D eigenvalue weighted by molar-refractivity contribution is -0.115. The first-order chi connectivity index (χ1) is 6.34. The van der Waals surface area contributed by atoms with Gasteiger partial charge in [0.25, 0.3) is 0 Å². The summed E-state index contributed by atoms with van der Waals surface area (Å²) in [4.78, 5) is 11.5. The number of rotatable bonds is 5. The van der Waals surface area contributed by atoms with Crippen molar-refractivity contribution in [3.63, 3.8) is 0 Å². The third kappa shape index (κ3) is 3.73. The van der Waals surface area contributed by atoms with Gasteiger partial charge in [0.1, 0.15) is 0 Å². The Morgan fingerprint density at radius 1 is 1.38 bits per heavy atom. The van der Waals surface area contributed by atoms with Crippen molar-refractivity contribution in [2.24, 2.45) is 0 Å². The minimum atomic E-state index is 0.201. The van der Waals surface area contributed by atoms with Crippen LogP contribution in [-0.2, 0) is 4.79 Å². The van der Waals surface area contributed by atoms with E-state index in [1.165, 1.54) is 6.42 Å². The average molecular weight is 182 g/mol. The zero-order valence-corrected chi connectivity index (χ0v) is 8.09. The van der Waals surface area contributed by atoms with Crippen molar-refractivity contribution in [2.75, 3.05) is 6.61 Å². The summed E-state index contributed by atoms with van der Waals surface area (Å²) in [7, 11) is 0. The highest BCUT2D eigenvalue weighted by Gasteiger charge is 2.11. The normalized spacial score (nSPS) is 16.8. The third-order valence-electron chi connectivity index (χ3n) is 2.46. The number of carbonyl (C=O) groups is 1. The molecular weight excluding hydrogens is 164 g/mol.